The number of ether oxygens (including phenoxy) is 1. The van der Waals surface area contributed by atoms with Crippen molar-refractivity contribution in [1.29, 1.82) is 0 Å². The van der Waals surface area contributed by atoms with E-state index < -0.39 is 17.2 Å². The van der Waals surface area contributed by atoms with Crippen molar-refractivity contribution in [1.82, 2.24) is 34.5 Å². The summed E-state index contributed by atoms with van der Waals surface area (Å²) in [5.74, 6) is 0.493. The van der Waals surface area contributed by atoms with Gasteiger partial charge in [0.05, 0.1) is 22.9 Å². The van der Waals surface area contributed by atoms with E-state index in [1.165, 1.54) is 16.8 Å². The van der Waals surface area contributed by atoms with E-state index in [4.69, 9.17) is 4.74 Å². The number of rotatable bonds is 9. The first-order chi connectivity index (χ1) is 19.4. The second-order valence-electron chi connectivity index (χ2n) is 8.77. The second kappa shape index (κ2) is 11.4. The lowest BCUT2D eigenvalue weighted by Gasteiger charge is -2.09. The van der Waals surface area contributed by atoms with Crippen molar-refractivity contribution in [3.63, 3.8) is 0 Å². The van der Waals surface area contributed by atoms with Gasteiger partial charge in [-0.2, -0.15) is 5.10 Å². The van der Waals surface area contributed by atoms with Gasteiger partial charge in [0.25, 0.3) is 17.4 Å². The van der Waals surface area contributed by atoms with Gasteiger partial charge in [-0.3, -0.25) is 23.5 Å². The van der Waals surface area contributed by atoms with Gasteiger partial charge >= 0.3 is 5.69 Å². The van der Waals surface area contributed by atoms with Crippen LogP contribution in [0.25, 0.3) is 16.0 Å². The van der Waals surface area contributed by atoms with E-state index >= 15 is 0 Å². The van der Waals surface area contributed by atoms with Crippen LogP contribution < -0.4 is 26.6 Å². The summed E-state index contributed by atoms with van der Waals surface area (Å²) in [6.45, 7) is 0.270. The van der Waals surface area contributed by atoms with Crippen LogP contribution in [0.15, 0.2) is 76.7 Å². The Morgan fingerprint density at radius 1 is 1.05 bits per heavy atom. The predicted octanol–water partition coefficient (Wildman–Crippen LogP) is 1.71. The zero-order chi connectivity index (χ0) is 28.2. The number of benzene rings is 1. The topological polar surface area (TPSA) is 142 Å². The Kier molecular flexibility index (Phi) is 7.55. The minimum Gasteiger partial charge on any atom is -0.497 e. The molecule has 0 saturated heterocycles. The average Bonchev–Trinajstić information content (AvgIpc) is 3.68. The van der Waals surface area contributed by atoms with Gasteiger partial charge in [0.15, 0.2) is 5.82 Å². The molecule has 13 heteroatoms. The number of amides is 2. The Bertz CT molecular complexity index is 1800. The van der Waals surface area contributed by atoms with E-state index in [-0.39, 0.29) is 30.9 Å². The summed E-state index contributed by atoms with van der Waals surface area (Å²) in [7, 11) is 3.11. The molecule has 204 valence electrons. The Morgan fingerprint density at radius 3 is 2.62 bits per heavy atom. The molecule has 0 aliphatic carbocycles. The molecule has 2 amide bonds. The lowest BCUT2D eigenvalue weighted by atomic mass is 10.2. The molecule has 5 rings (SSSR count). The largest absolute Gasteiger partial charge is 0.497 e. The van der Waals surface area contributed by atoms with E-state index in [2.05, 4.69) is 20.7 Å². The molecule has 0 aliphatic heterocycles. The number of nitrogens with one attached hydrogen (secondary N) is 2. The SMILES string of the molecule is COc1cccc(CNC(=O)c2cc3c(=O)n(CCNC(=O)c4ccc(-n5cccn5)nc4)c(=O)n(C)c3s2)c1. The van der Waals surface area contributed by atoms with Crippen LogP contribution in [0.5, 0.6) is 5.75 Å². The van der Waals surface area contributed by atoms with E-state index in [0.717, 1.165) is 21.5 Å². The zero-order valence-electron chi connectivity index (χ0n) is 21.7. The average molecular weight is 560 g/mol. The Hall–Kier alpha value is -5.04. The van der Waals surface area contributed by atoms with Crippen molar-refractivity contribution in [2.75, 3.05) is 13.7 Å². The molecule has 0 atom stereocenters. The van der Waals surface area contributed by atoms with Crippen molar-refractivity contribution in [3.8, 4) is 11.6 Å². The van der Waals surface area contributed by atoms with Crippen molar-refractivity contribution >= 4 is 33.4 Å². The first kappa shape index (κ1) is 26.6. The van der Waals surface area contributed by atoms with E-state index in [9.17, 15) is 19.2 Å². The van der Waals surface area contributed by atoms with Gasteiger partial charge in [-0.1, -0.05) is 12.1 Å². The molecular formula is C27H25N7O5S. The quantitative estimate of drug-likeness (QED) is 0.280. The number of hydrogen-bond donors (Lipinski definition) is 2. The Balaban J connectivity index is 1.26. The fraction of sp³-hybridized carbons (Fsp3) is 0.185. The molecule has 2 N–H and O–H groups in total. The fourth-order valence-electron chi connectivity index (χ4n) is 4.09. The van der Waals surface area contributed by atoms with Crippen molar-refractivity contribution < 1.29 is 14.3 Å². The standard InChI is InChI=1S/C27H25N7O5S/c1-32-26-20(14-21(40-26)24(36)30-15-17-5-3-6-19(13-17)39-2)25(37)33(27(32)38)12-10-28-23(35)18-7-8-22(29-16-18)34-11-4-9-31-34/h3-9,11,13-14,16H,10,12,15H2,1-2H3,(H,28,35)(H,30,36). The maximum absolute atomic E-state index is 13.2. The molecule has 0 fully saturated rings. The van der Waals surface area contributed by atoms with Crippen molar-refractivity contribution in [3.05, 3.63) is 104 Å². The van der Waals surface area contributed by atoms with Gasteiger partial charge in [0, 0.05) is 45.3 Å². The minimum atomic E-state index is -0.540. The second-order valence-corrected chi connectivity index (χ2v) is 9.80. The monoisotopic (exact) mass is 559 g/mol. The smallest absolute Gasteiger partial charge is 0.331 e. The highest BCUT2D eigenvalue weighted by Gasteiger charge is 2.18. The van der Waals surface area contributed by atoms with Crippen LogP contribution in [-0.2, 0) is 20.1 Å². The molecule has 4 heterocycles. The summed E-state index contributed by atoms with van der Waals surface area (Å²) in [6.07, 6.45) is 4.79. The van der Waals surface area contributed by atoms with Crippen LogP contribution in [-0.4, -0.2) is 49.4 Å². The summed E-state index contributed by atoms with van der Waals surface area (Å²) in [4.78, 5) is 56.4. The third kappa shape index (κ3) is 5.40. The molecule has 0 spiro atoms. The van der Waals surface area contributed by atoms with Crippen LogP contribution in [0.1, 0.15) is 25.6 Å². The van der Waals surface area contributed by atoms with Gasteiger partial charge in [0.2, 0.25) is 0 Å². The van der Waals surface area contributed by atoms with Crippen LogP contribution in [0.3, 0.4) is 0 Å². The molecule has 0 bridgehead atoms. The normalized spacial score (nSPS) is 10.9. The molecule has 0 radical (unpaired) electrons. The number of aromatic nitrogens is 5. The molecule has 0 saturated carbocycles. The first-order valence-corrected chi connectivity index (χ1v) is 13.1. The number of nitrogens with zero attached hydrogens (tertiary/aromatic N) is 5. The summed E-state index contributed by atoms with van der Waals surface area (Å²) in [6, 6.07) is 13.9. The van der Waals surface area contributed by atoms with Gasteiger partial charge < -0.3 is 15.4 Å². The fourth-order valence-corrected chi connectivity index (χ4v) is 5.11. The van der Waals surface area contributed by atoms with Gasteiger partial charge in [-0.05, 0) is 42.0 Å². The molecule has 4 aromatic heterocycles. The number of fused-ring (bicyclic) bond motifs is 1. The molecule has 1 aromatic carbocycles. The lowest BCUT2D eigenvalue weighted by Crippen LogP contribution is -2.41. The van der Waals surface area contributed by atoms with E-state index in [0.29, 0.717) is 26.8 Å². The first-order valence-electron chi connectivity index (χ1n) is 12.2. The van der Waals surface area contributed by atoms with Crippen LogP contribution in [0, 0.1) is 0 Å². The lowest BCUT2D eigenvalue weighted by molar-refractivity contribution is 0.0945. The minimum absolute atomic E-state index is 0.0401. The zero-order valence-corrected chi connectivity index (χ0v) is 22.5. The number of hydrogen-bond acceptors (Lipinski definition) is 8. The number of carbonyl (C=O) groups is 2. The molecule has 0 aliphatic rings. The number of aryl methyl sites for hydroxylation is 1. The van der Waals surface area contributed by atoms with Gasteiger partial charge in [-0.15, -0.1) is 11.3 Å². The third-order valence-electron chi connectivity index (χ3n) is 6.19. The summed E-state index contributed by atoms with van der Waals surface area (Å²) in [5.41, 5.74) is 0.118. The van der Waals surface area contributed by atoms with Crippen LogP contribution in [0.4, 0.5) is 0 Å². The molecule has 12 nitrogen and oxygen atoms in total. The molecular weight excluding hydrogens is 534 g/mol. The van der Waals surface area contributed by atoms with E-state index in [1.54, 1.807) is 49.4 Å². The number of carbonyl (C=O) groups excluding carboxylic acids is 2. The summed E-state index contributed by atoms with van der Waals surface area (Å²) >= 11 is 1.07. The van der Waals surface area contributed by atoms with Crippen molar-refractivity contribution in [2.24, 2.45) is 7.05 Å². The van der Waals surface area contributed by atoms with E-state index in [1.807, 2.05) is 24.3 Å². The number of thiophene rings is 1. The third-order valence-corrected chi connectivity index (χ3v) is 7.40. The highest BCUT2D eigenvalue weighted by Crippen LogP contribution is 2.22. The highest BCUT2D eigenvalue weighted by molar-refractivity contribution is 7.20. The Morgan fingerprint density at radius 2 is 1.90 bits per heavy atom. The van der Waals surface area contributed by atoms with Gasteiger partial charge in [0.1, 0.15) is 10.6 Å². The molecule has 0 unspecified atom stereocenters. The maximum atomic E-state index is 13.2. The maximum Gasteiger partial charge on any atom is 0.331 e. The molecule has 5 aromatic rings. The summed E-state index contributed by atoms with van der Waals surface area (Å²) in [5, 5.41) is 9.88. The number of pyridine rings is 1. The van der Waals surface area contributed by atoms with Crippen LogP contribution in [0.2, 0.25) is 0 Å². The van der Waals surface area contributed by atoms with Crippen LogP contribution >= 0.6 is 11.3 Å². The Labute approximate surface area is 231 Å². The number of methoxy groups -OCH3 is 1. The van der Waals surface area contributed by atoms with Gasteiger partial charge in [-0.25, -0.2) is 14.5 Å². The highest BCUT2D eigenvalue weighted by atomic mass is 32.1. The summed E-state index contributed by atoms with van der Waals surface area (Å²) < 4.78 is 9.16. The molecule has 40 heavy (non-hydrogen) atoms. The predicted molar refractivity (Wildman–Crippen MR) is 149 cm³/mol. The van der Waals surface area contributed by atoms with Crippen molar-refractivity contribution in [2.45, 2.75) is 13.1 Å².